The summed E-state index contributed by atoms with van der Waals surface area (Å²) in [6, 6.07) is 15.1. The minimum Gasteiger partial charge on any atom is -0.487 e. The van der Waals surface area contributed by atoms with E-state index in [1.807, 2.05) is 36.4 Å². The first kappa shape index (κ1) is 17.7. The number of likely N-dealkylation sites (N-methyl/N-ethyl adjacent to an activating group) is 1. The average molecular weight is 386 g/mol. The fourth-order valence-corrected chi connectivity index (χ4v) is 3.90. The molecule has 146 valence electrons. The number of hydrogen-bond donors (Lipinski definition) is 1. The van der Waals surface area contributed by atoms with Gasteiger partial charge in [-0.2, -0.15) is 0 Å². The first-order chi connectivity index (χ1) is 14.2. The van der Waals surface area contributed by atoms with E-state index in [-0.39, 0.29) is 5.56 Å². The third kappa shape index (κ3) is 3.43. The molecule has 3 aromatic heterocycles. The Morgan fingerprint density at radius 2 is 2.10 bits per heavy atom. The van der Waals surface area contributed by atoms with Crippen molar-refractivity contribution in [1.82, 2.24) is 19.4 Å². The number of nitrogens with one attached hydrogen (secondary N) is 1. The van der Waals surface area contributed by atoms with Crippen LogP contribution >= 0.6 is 0 Å². The first-order valence-electron chi connectivity index (χ1n) is 9.75. The van der Waals surface area contributed by atoms with E-state index in [1.54, 1.807) is 17.0 Å². The topological polar surface area (TPSA) is 63.1 Å². The summed E-state index contributed by atoms with van der Waals surface area (Å²) in [5.74, 6) is 0.538. The molecule has 0 saturated carbocycles. The van der Waals surface area contributed by atoms with Gasteiger partial charge in [0.25, 0.3) is 5.56 Å². The Morgan fingerprint density at radius 1 is 1.17 bits per heavy atom. The van der Waals surface area contributed by atoms with Gasteiger partial charge in [0.15, 0.2) is 0 Å². The van der Waals surface area contributed by atoms with Crippen molar-refractivity contribution in [2.45, 2.75) is 19.6 Å². The van der Waals surface area contributed by atoms with E-state index in [9.17, 15) is 4.79 Å². The minimum atomic E-state index is -0.126. The predicted molar refractivity (Wildman–Crippen MR) is 113 cm³/mol. The maximum Gasteiger partial charge on any atom is 0.258 e. The fraction of sp³-hybridized carbons (Fsp3) is 0.217. The average Bonchev–Trinajstić information content (AvgIpc) is 3.10. The van der Waals surface area contributed by atoms with Crippen LogP contribution < -0.4 is 10.3 Å². The highest BCUT2D eigenvalue weighted by Gasteiger charge is 2.18. The Balaban J connectivity index is 1.42. The summed E-state index contributed by atoms with van der Waals surface area (Å²) in [6.07, 6.45) is 4.51. The number of rotatable bonds is 4. The van der Waals surface area contributed by atoms with Crippen LogP contribution in [0.25, 0.3) is 16.6 Å². The van der Waals surface area contributed by atoms with E-state index in [4.69, 9.17) is 4.74 Å². The SMILES string of the molecule is CN1CCc2[nH]c3cc(-n4ccc(OCc5ccccn5)cc4=O)ccc3c2C1. The number of hydrogen-bond acceptors (Lipinski definition) is 4. The number of H-pyrrole nitrogens is 1. The van der Waals surface area contributed by atoms with Crippen LogP contribution in [-0.2, 0) is 19.6 Å². The highest BCUT2D eigenvalue weighted by atomic mass is 16.5. The van der Waals surface area contributed by atoms with Crippen molar-refractivity contribution in [3.05, 3.63) is 88.2 Å². The third-order valence-electron chi connectivity index (χ3n) is 5.43. The zero-order chi connectivity index (χ0) is 19.8. The van der Waals surface area contributed by atoms with Crippen molar-refractivity contribution in [2.24, 2.45) is 0 Å². The molecule has 0 unspecified atom stereocenters. The fourth-order valence-electron chi connectivity index (χ4n) is 3.90. The van der Waals surface area contributed by atoms with Crippen LogP contribution in [0.15, 0.2) is 65.7 Å². The zero-order valence-corrected chi connectivity index (χ0v) is 16.3. The largest absolute Gasteiger partial charge is 0.487 e. The van der Waals surface area contributed by atoms with Crippen LogP contribution in [-0.4, -0.2) is 33.0 Å². The number of pyridine rings is 2. The number of ether oxygens (including phenoxy) is 1. The number of benzene rings is 1. The number of aromatic nitrogens is 3. The molecule has 29 heavy (non-hydrogen) atoms. The van der Waals surface area contributed by atoms with Crippen molar-refractivity contribution in [1.29, 1.82) is 0 Å². The lowest BCUT2D eigenvalue weighted by Crippen LogP contribution is -2.25. The smallest absolute Gasteiger partial charge is 0.258 e. The van der Waals surface area contributed by atoms with Gasteiger partial charge in [-0.25, -0.2) is 0 Å². The zero-order valence-electron chi connectivity index (χ0n) is 16.3. The molecular formula is C23H22N4O2. The molecule has 0 aliphatic carbocycles. The Labute approximate surface area is 168 Å². The summed E-state index contributed by atoms with van der Waals surface area (Å²) in [4.78, 5) is 22.8. The maximum absolute atomic E-state index is 12.7. The predicted octanol–water partition coefficient (Wildman–Crippen LogP) is 3.28. The normalized spacial score (nSPS) is 14.1. The molecule has 6 heteroatoms. The lowest BCUT2D eigenvalue weighted by atomic mass is 10.0. The van der Waals surface area contributed by atoms with Crippen molar-refractivity contribution >= 4 is 10.9 Å². The maximum atomic E-state index is 12.7. The van der Waals surface area contributed by atoms with E-state index in [2.05, 4.69) is 28.0 Å². The van der Waals surface area contributed by atoms with Gasteiger partial charge < -0.3 is 14.6 Å². The van der Waals surface area contributed by atoms with Gasteiger partial charge in [-0.15, -0.1) is 0 Å². The first-order valence-corrected chi connectivity index (χ1v) is 9.75. The van der Waals surface area contributed by atoms with Gasteiger partial charge in [-0.05, 0) is 42.9 Å². The van der Waals surface area contributed by atoms with Gasteiger partial charge in [-0.3, -0.25) is 14.3 Å². The van der Waals surface area contributed by atoms with E-state index in [0.29, 0.717) is 12.4 Å². The lowest BCUT2D eigenvalue weighted by Gasteiger charge is -2.22. The van der Waals surface area contributed by atoms with Gasteiger partial charge in [0.05, 0.1) is 11.4 Å². The molecule has 0 spiro atoms. The van der Waals surface area contributed by atoms with Crippen LogP contribution in [0, 0.1) is 0 Å². The van der Waals surface area contributed by atoms with E-state index >= 15 is 0 Å². The van der Waals surface area contributed by atoms with Gasteiger partial charge in [0.2, 0.25) is 0 Å². The third-order valence-corrected chi connectivity index (χ3v) is 5.43. The standard InChI is InChI=1S/C23H22N4O2/c1-26-10-8-21-20(14-26)19-6-5-17(12-22(19)25-21)27-11-7-18(13-23(27)28)29-15-16-4-2-3-9-24-16/h2-7,9,11-13,25H,8,10,14-15H2,1H3. The molecule has 1 aliphatic rings. The lowest BCUT2D eigenvalue weighted by molar-refractivity contribution is 0.300. The Morgan fingerprint density at radius 3 is 2.93 bits per heavy atom. The molecule has 5 rings (SSSR count). The van der Waals surface area contributed by atoms with Crippen LogP contribution in [0.3, 0.4) is 0 Å². The molecule has 0 fully saturated rings. The van der Waals surface area contributed by atoms with Crippen LogP contribution in [0.2, 0.25) is 0 Å². The van der Waals surface area contributed by atoms with E-state index in [1.165, 1.54) is 22.7 Å². The highest BCUT2D eigenvalue weighted by molar-refractivity contribution is 5.86. The summed E-state index contributed by atoms with van der Waals surface area (Å²) in [5.41, 5.74) is 5.28. The minimum absolute atomic E-state index is 0.126. The van der Waals surface area contributed by atoms with E-state index in [0.717, 1.165) is 36.4 Å². The summed E-state index contributed by atoms with van der Waals surface area (Å²) in [7, 11) is 2.15. The number of aromatic amines is 1. The van der Waals surface area contributed by atoms with Crippen LogP contribution in [0.4, 0.5) is 0 Å². The second kappa shape index (κ2) is 7.22. The van der Waals surface area contributed by atoms with Crippen LogP contribution in [0.1, 0.15) is 17.0 Å². The van der Waals surface area contributed by atoms with Crippen molar-refractivity contribution < 1.29 is 4.74 Å². The Hall–Kier alpha value is -3.38. The second-order valence-corrected chi connectivity index (χ2v) is 7.48. The molecule has 4 aromatic rings. The highest BCUT2D eigenvalue weighted by Crippen LogP contribution is 2.28. The van der Waals surface area contributed by atoms with E-state index < -0.39 is 0 Å². The summed E-state index contributed by atoms with van der Waals surface area (Å²) < 4.78 is 7.35. The molecule has 0 radical (unpaired) electrons. The molecule has 1 N–H and O–H groups in total. The summed E-state index contributed by atoms with van der Waals surface area (Å²) in [5, 5.41) is 1.23. The monoisotopic (exact) mass is 386 g/mol. The molecule has 6 nitrogen and oxygen atoms in total. The van der Waals surface area contributed by atoms with Gasteiger partial charge in [-0.1, -0.05) is 12.1 Å². The molecule has 0 amide bonds. The number of nitrogens with zero attached hydrogens (tertiary/aromatic N) is 3. The van der Waals surface area contributed by atoms with Gasteiger partial charge in [0, 0.05) is 54.6 Å². The molecule has 0 bridgehead atoms. The van der Waals surface area contributed by atoms with Crippen molar-refractivity contribution in [3.8, 4) is 11.4 Å². The molecule has 4 heterocycles. The Kier molecular flexibility index (Phi) is 4.41. The molecule has 1 aromatic carbocycles. The molecule has 0 saturated heterocycles. The summed E-state index contributed by atoms with van der Waals surface area (Å²) in [6.45, 7) is 2.35. The summed E-state index contributed by atoms with van der Waals surface area (Å²) >= 11 is 0. The Bertz CT molecular complexity index is 1230. The van der Waals surface area contributed by atoms with Gasteiger partial charge >= 0.3 is 0 Å². The molecular weight excluding hydrogens is 364 g/mol. The van der Waals surface area contributed by atoms with Crippen molar-refractivity contribution in [2.75, 3.05) is 13.6 Å². The molecule has 0 atom stereocenters. The quantitative estimate of drug-likeness (QED) is 0.585. The van der Waals surface area contributed by atoms with Crippen LogP contribution in [0.5, 0.6) is 5.75 Å². The van der Waals surface area contributed by atoms with Crippen molar-refractivity contribution in [3.63, 3.8) is 0 Å². The van der Waals surface area contributed by atoms with Gasteiger partial charge in [0.1, 0.15) is 12.4 Å². The second-order valence-electron chi connectivity index (χ2n) is 7.48. The molecule has 1 aliphatic heterocycles. The number of fused-ring (bicyclic) bond motifs is 3.